The molecule has 0 spiro atoms. The van der Waals surface area contributed by atoms with Crippen molar-refractivity contribution in [2.24, 2.45) is 21.5 Å². The van der Waals surface area contributed by atoms with Gasteiger partial charge < -0.3 is 0 Å². The number of hydrazine groups is 1. The van der Waals surface area contributed by atoms with Crippen molar-refractivity contribution in [3.05, 3.63) is 0 Å². The van der Waals surface area contributed by atoms with Crippen molar-refractivity contribution in [3.8, 4) is 0 Å². The van der Waals surface area contributed by atoms with E-state index in [2.05, 4.69) is 10.2 Å². The zero-order valence-corrected chi connectivity index (χ0v) is 5.57. The van der Waals surface area contributed by atoms with Crippen molar-refractivity contribution in [1.29, 1.82) is 0 Å². The molecule has 50 valence electrons. The van der Waals surface area contributed by atoms with Crippen LogP contribution in [0.15, 0.2) is 10.2 Å². The van der Waals surface area contributed by atoms with E-state index in [9.17, 15) is 0 Å². The van der Waals surface area contributed by atoms with Crippen LogP contribution in [0.2, 0.25) is 0 Å². The third-order valence-corrected chi connectivity index (χ3v) is 1.02. The normalized spacial score (nSPS) is 22.8. The molecule has 0 aliphatic carbocycles. The van der Waals surface area contributed by atoms with Gasteiger partial charge in [0.1, 0.15) is 0 Å². The first kappa shape index (κ1) is 6.22. The molecule has 1 rings (SSSR count). The van der Waals surface area contributed by atoms with Crippen LogP contribution in [0.1, 0.15) is 13.8 Å². The van der Waals surface area contributed by atoms with Gasteiger partial charge in [-0.1, -0.05) is 0 Å². The second-order valence-corrected chi connectivity index (χ2v) is 2.63. The molecule has 1 heterocycles. The van der Waals surface area contributed by atoms with Crippen LogP contribution >= 0.6 is 0 Å². The molecule has 0 aromatic rings. The van der Waals surface area contributed by atoms with Crippen LogP contribution in [0.4, 0.5) is 0 Å². The lowest BCUT2D eigenvalue weighted by atomic mass is 9.98. The molecule has 4 heteroatoms. The summed E-state index contributed by atoms with van der Waals surface area (Å²) >= 11 is 0. The fourth-order valence-corrected chi connectivity index (χ4v) is 0.479. The zero-order valence-electron chi connectivity index (χ0n) is 5.57. The largest absolute Gasteiger partial charge is 0.209 e. The van der Waals surface area contributed by atoms with Crippen molar-refractivity contribution in [2.45, 2.75) is 13.8 Å². The Morgan fingerprint density at radius 3 is 2.11 bits per heavy atom. The van der Waals surface area contributed by atoms with Gasteiger partial charge in [-0.2, -0.15) is 10.2 Å². The zero-order chi connectivity index (χ0) is 6.91. The second-order valence-electron chi connectivity index (χ2n) is 2.63. The van der Waals surface area contributed by atoms with Gasteiger partial charge in [-0.25, -0.2) is 5.84 Å². The molecule has 0 aromatic heterocycles. The molecule has 0 radical (unpaired) electrons. The lowest BCUT2D eigenvalue weighted by molar-refractivity contribution is 0.307. The Morgan fingerprint density at radius 1 is 1.33 bits per heavy atom. The first-order valence-corrected chi connectivity index (χ1v) is 2.75. The van der Waals surface area contributed by atoms with E-state index < -0.39 is 0 Å². The average Bonchev–Trinajstić information content (AvgIpc) is 1.78. The average molecular weight is 126 g/mol. The molecule has 0 saturated carbocycles. The molecule has 1 aliphatic heterocycles. The Labute approximate surface area is 54.0 Å². The maximum Gasteiger partial charge on any atom is 0.0392 e. The van der Waals surface area contributed by atoms with Gasteiger partial charge in [-0.15, -0.1) is 5.23 Å². The molecule has 9 heavy (non-hydrogen) atoms. The second kappa shape index (κ2) is 1.80. The quantitative estimate of drug-likeness (QED) is 0.470. The molecule has 0 fully saturated rings. The summed E-state index contributed by atoms with van der Waals surface area (Å²) < 4.78 is 0. The highest BCUT2D eigenvalue weighted by Gasteiger charge is 2.14. The lowest BCUT2D eigenvalue weighted by Gasteiger charge is -2.18. The number of hydrogen-bond donors (Lipinski definition) is 1. The summed E-state index contributed by atoms with van der Waals surface area (Å²) in [5, 5.41) is 8.59. The number of rotatable bonds is 0. The molecule has 0 saturated heterocycles. The molecule has 0 amide bonds. The SMILES string of the molecule is CC1(C)C=NN(N)N=C1. The molecule has 0 aromatic carbocycles. The van der Waals surface area contributed by atoms with E-state index in [-0.39, 0.29) is 5.41 Å². The number of hydrazone groups is 2. The minimum Gasteiger partial charge on any atom is -0.209 e. The van der Waals surface area contributed by atoms with E-state index >= 15 is 0 Å². The maximum atomic E-state index is 5.19. The van der Waals surface area contributed by atoms with Crippen molar-refractivity contribution in [1.82, 2.24) is 5.23 Å². The predicted molar refractivity (Wildman–Crippen MR) is 36.8 cm³/mol. The Morgan fingerprint density at radius 2 is 1.78 bits per heavy atom. The minimum atomic E-state index is -0.0458. The summed E-state index contributed by atoms with van der Waals surface area (Å²) in [4.78, 5) is 0. The Kier molecular flexibility index (Phi) is 1.25. The number of nitrogens with zero attached hydrogens (tertiary/aromatic N) is 3. The van der Waals surface area contributed by atoms with Crippen LogP contribution in [0, 0.1) is 5.41 Å². The van der Waals surface area contributed by atoms with Gasteiger partial charge in [0.05, 0.1) is 0 Å². The van der Waals surface area contributed by atoms with E-state index in [0.717, 1.165) is 5.23 Å². The van der Waals surface area contributed by atoms with E-state index in [1.165, 1.54) is 0 Å². The molecule has 0 bridgehead atoms. The van der Waals surface area contributed by atoms with Gasteiger partial charge >= 0.3 is 0 Å². The highest BCUT2D eigenvalue weighted by molar-refractivity contribution is 5.88. The smallest absolute Gasteiger partial charge is 0.0392 e. The van der Waals surface area contributed by atoms with Crippen molar-refractivity contribution >= 4 is 12.4 Å². The fraction of sp³-hybridized carbons (Fsp3) is 0.600. The Bertz CT molecular complexity index is 142. The Balaban J connectivity index is 2.70. The standard InChI is InChI=1S/C5H10N4/c1-5(2)3-7-9(6)8-4-5/h3-4H,6H2,1-2H3. The summed E-state index contributed by atoms with van der Waals surface area (Å²) in [6, 6.07) is 0. The highest BCUT2D eigenvalue weighted by atomic mass is 15.8. The first-order valence-electron chi connectivity index (χ1n) is 2.75. The van der Waals surface area contributed by atoms with Gasteiger partial charge in [0.2, 0.25) is 0 Å². The number of hydrogen-bond acceptors (Lipinski definition) is 4. The van der Waals surface area contributed by atoms with Crippen molar-refractivity contribution in [3.63, 3.8) is 0 Å². The molecule has 2 N–H and O–H groups in total. The predicted octanol–water partition coefficient (Wildman–Crippen LogP) is 0.174. The van der Waals surface area contributed by atoms with Crippen molar-refractivity contribution in [2.75, 3.05) is 0 Å². The molecule has 4 nitrogen and oxygen atoms in total. The molecular weight excluding hydrogens is 116 g/mol. The van der Waals surface area contributed by atoms with Gasteiger partial charge in [0.15, 0.2) is 0 Å². The maximum absolute atomic E-state index is 5.19. The van der Waals surface area contributed by atoms with Gasteiger partial charge in [0, 0.05) is 17.8 Å². The monoisotopic (exact) mass is 126 g/mol. The summed E-state index contributed by atoms with van der Waals surface area (Å²) in [6.45, 7) is 4.01. The number of nitrogens with two attached hydrogens (primary N) is 1. The van der Waals surface area contributed by atoms with E-state index in [4.69, 9.17) is 5.84 Å². The van der Waals surface area contributed by atoms with Crippen LogP contribution in [-0.2, 0) is 0 Å². The van der Waals surface area contributed by atoms with Crippen LogP contribution in [0.5, 0.6) is 0 Å². The molecular formula is C5H10N4. The fourth-order valence-electron chi connectivity index (χ4n) is 0.479. The third-order valence-electron chi connectivity index (χ3n) is 1.02. The van der Waals surface area contributed by atoms with Gasteiger partial charge in [-0.05, 0) is 13.8 Å². The summed E-state index contributed by atoms with van der Waals surface area (Å²) in [6.07, 6.45) is 3.50. The summed E-state index contributed by atoms with van der Waals surface area (Å²) in [7, 11) is 0. The van der Waals surface area contributed by atoms with Crippen LogP contribution in [0.25, 0.3) is 0 Å². The van der Waals surface area contributed by atoms with Crippen molar-refractivity contribution < 1.29 is 0 Å². The first-order chi connectivity index (χ1) is 4.10. The summed E-state index contributed by atoms with van der Waals surface area (Å²) in [5.41, 5.74) is -0.0458. The molecule has 0 atom stereocenters. The van der Waals surface area contributed by atoms with Gasteiger partial charge in [0.25, 0.3) is 0 Å². The molecule has 1 aliphatic rings. The third kappa shape index (κ3) is 1.50. The van der Waals surface area contributed by atoms with E-state index in [1.54, 1.807) is 12.4 Å². The lowest BCUT2D eigenvalue weighted by Crippen LogP contribution is -2.29. The molecule has 0 unspecified atom stereocenters. The minimum absolute atomic E-state index is 0.0458. The Hall–Kier alpha value is -0.900. The highest BCUT2D eigenvalue weighted by Crippen LogP contribution is 2.10. The van der Waals surface area contributed by atoms with E-state index in [1.807, 2.05) is 13.8 Å². The van der Waals surface area contributed by atoms with Crippen LogP contribution in [-0.4, -0.2) is 17.7 Å². The van der Waals surface area contributed by atoms with E-state index in [0.29, 0.717) is 0 Å². The summed E-state index contributed by atoms with van der Waals surface area (Å²) in [5.74, 6) is 5.19. The van der Waals surface area contributed by atoms with Crippen LogP contribution in [0.3, 0.4) is 0 Å². The van der Waals surface area contributed by atoms with Crippen LogP contribution < -0.4 is 5.84 Å². The van der Waals surface area contributed by atoms with Gasteiger partial charge in [-0.3, -0.25) is 0 Å². The topological polar surface area (TPSA) is 54.0 Å².